The Morgan fingerprint density at radius 2 is 1.92 bits per heavy atom. The fourth-order valence-corrected chi connectivity index (χ4v) is 1.67. The van der Waals surface area contributed by atoms with E-state index in [4.69, 9.17) is 17.3 Å². The second-order valence-corrected chi connectivity index (χ2v) is 4.05. The van der Waals surface area contributed by atoms with Gasteiger partial charge in [-0.3, -0.25) is 0 Å². The topological polar surface area (TPSA) is 51.8 Å². The van der Waals surface area contributed by atoms with Crippen LogP contribution in [0.5, 0.6) is 0 Å². The van der Waals surface area contributed by atoms with Gasteiger partial charge in [-0.2, -0.15) is 0 Å². The Balaban J connectivity index is 2.56. The predicted molar refractivity (Wildman–Crippen MR) is 51.6 cm³/mol. The minimum Gasteiger partial charge on any atom is -0.320 e. The van der Waals surface area contributed by atoms with Crippen LogP contribution in [0.2, 0.25) is 5.02 Å². The summed E-state index contributed by atoms with van der Waals surface area (Å²) in [5.41, 5.74) is 7.40. The lowest BCUT2D eigenvalue weighted by Gasteiger charge is -2.12. The van der Waals surface area contributed by atoms with Crippen molar-refractivity contribution in [3.05, 3.63) is 22.2 Å². The Hall–Kier alpha value is -0.670. The van der Waals surface area contributed by atoms with Crippen LogP contribution >= 0.6 is 11.6 Å². The zero-order chi connectivity index (χ0) is 9.64. The lowest BCUT2D eigenvalue weighted by atomic mass is 10.1. The highest BCUT2D eigenvalue weighted by Crippen LogP contribution is 2.44. The maximum atomic E-state index is 6.08. The Kier molecular flexibility index (Phi) is 1.82. The summed E-state index contributed by atoms with van der Waals surface area (Å²) in [6.07, 6.45) is 1.95. The molecule has 1 heterocycles. The van der Waals surface area contributed by atoms with Crippen molar-refractivity contribution in [3.8, 4) is 0 Å². The molecule has 0 saturated heterocycles. The average Bonchev–Trinajstić information content (AvgIpc) is 2.77. The maximum absolute atomic E-state index is 6.08. The third kappa shape index (κ3) is 1.42. The van der Waals surface area contributed by atoms with Crippen LogP contribution in [-0.4, -0.2) is 9.97 Å². The number of nitrogens with zero attached hydrogens (tertiary/aromatic N) is 2. The van der Waals surface area contributed by atoms with E-state index in [1.54, 1.807) is 0 Å². The molecule has 0 radical (unpaired) electrons. The fourth-order valence-electron chi connectivity index (χ4n) is 1.40. The van der Waals surface area contributed by atoms with Crippen molar-refractivity contribution in [1.29, 1.82) is 0 Å². The van der Waals surface area contributed by atoms with Gasteiger partial charge in [-0.15, -0.1) is 0 Å². The van der Waals surface area contributed by atoms with Gasteiger partial charge in [0, 0.05) is 0 Å². The van der Waals surface area contributed by atoms with E-state index in [2.05, 4.69) is 9.97 Å². The van der Waals surface area contributed by atoms with E-state index in [0.717, 1.165) is 30.1 Å². The largest absolute Gasteiger partial charge is 0.320 e. The van der Waals surface area contributed by atoms with Gasteiger partial charge in [0.2, 0.25) is 0 Å². The molecule has 1 aliphatic carbocycles. The fraction of sp³-hybridized carbons (Fsp3) is 0.556. The first-order valence-electron chi connectivity index (χ1n) is 4.33. The monoisotopic (exact) mass is 197 g/mol. The molecular weight excluding hydrogens is 186 g/mol. The number of aryl methyl sites for hydroxylation is 2. The van der Waals surface area contributed by atoms with Gasteiger partial charge in [0.15, 0.2) is 0 Å². The highest BCUT2D eigenvalue weighted by molar-refractivity contribution is 6.31. The van der Waals surface area contributed by atoms with Gasteiger partial charge in [-0.05, 0) is 26.7 Å². The number of halogens is 1. The van der Waals surface area contributed by atoms with Gasteiger partial charge in [-0.25, -0.2) is 9.97 Å². The molecule has 0 aromatic carbocycles. The highest BCUT2D eigenvalue weighted by atomic mass is 35.5. The first-order valence-corrected chi connectivity index (χ1v) is 4.71. The van der Waals surface area contributed by atoms with Crippen molar-refractivity contribution in [2.45, 2.75) is 32.2 Å². The normalized spacial score (nSPS) is 18.8. The van der Waals surface area contributed by atoms with Crippen molar-refractivity contribution in [1.82, 2.24) is 9.97 Å². The predicted octanol–water partition coefficient (Wildman–Crippen LogP) is 1.69. The van der Waals surface area contributed by atoms with E-state index in [0.29, 0.717) is 5.02 Å². The summed E-state index contributed by atoms with van der Waals surface area (Å²) in [6.45, 7) is 3.74. The van der Waals surface area contributed by atoms with E-state index in [1.807, 2.05) is 13.8 Å². The van der Waals surface area contributed by atoms with E-state index in [9.17, 15) is 0 Å². The minimum absolute atomic E-state index is 0.268. The van der Waals surface area contributed by atoms with Gasteiger partial charge in [0.05, 0.1) is 21.9 Å². The van der Waals surface area contributed by atoms with Gasteiger partial charge in [0.1, 0.15) is 5.82 Å². The summed E-state index contributed by atoms with van der Waals surface area (Å²) in [5, 5.41) is 0.630. The van der Waals surface area contributed by atoms with Gasteiger partial charge in [-0.1, -0.05) is 11.6 Å². The lowest BCUT2D eigenvalue weighted by Crippen LogP contribution is -2.22. The molecule has 0 atom stereocenters. The molecule has 3 nitrogen and oxygen atoms in total. The Bertz CT molecular complexity index is 358. The maximum Gasteiger partial charge on any atom is 0.125 e. The van der Waals surface area contributed by atoms with Crippen molar-refractivity contribution in [2.75, 3.05) is 0 Å². The number of hydrogen-bond donors (Lipinski definition) is 1. The summed E-state index contributed by atoms with van der Waals surface area (Å²) in [4.78, 5) is 8.48. The van der Waals surface area contributed by atoms with Crippen molar-refractivity contribution in [2.24, 2.45) is 5.73 Å². The summed E-state index contributed by atoms with van der Waals surface area (Å²) >= 11 is 6.08. The third-order valence-electron chi connectivity index (χ3n) is 2.39. The molecule has 1 aromatic heterocycles. The van der Waals surface area contributed by atoms with Crippen molar-refractivity contribution >= 4 is 11.6 Å². The molecule has 1 saturated carbocycles. The summed E-state index contributed by atoms with van der Waals surface area (Å²) < 4.78 is 0. The SMILES string of the molecule is Cc1nc(C)c(Cl)c(C2(N)CC2)n1. The zero-order valence-electron chi connectivity index (χ0n) is 7.76. The Morgan fingerprint density at radius 3 is 2.46 bits per heavy atom. The molecule has 13 heavy (non-hydrogen) atoms. The second kappa shape index (κ2) is 2.66. The molecule has 0 spiro atoms. The molecule has 0 unspecified atom stereocenters. The van der Waals surface area contributed by atoms with E-state index in [-0.39, 0.29) is 5.54 Å². The molecule has 1 aromatic rings. The number of nitrogens with two attached hydrogens (primary N) is 1. The molecule has 0 amide bonds. The smallest absolute Gasteiger partial charge is 0.125 e. The quantitative estimate of drug-likeness (QED) is 0.746. The van der Waals surface area contributed by atoms with E-state index >= 15 is 0 Å². The van der Waals surface area contributed by atoms with Gasteiger partial charge >= 0.3 is 0 Å². The minimum atomic E-state index is -0.268. The first kappa shape index (κ1) is 8.91. The van der Waals surface area contributed by atoms with E-state index in [1.165, 1.54) is 0 Å². The second-order valence-electron chi connectivity index (χ2n) is 3.67. The van der Waals surface area contributed by atoms with Crippen LogP contribution < -0.4 is 5.73 Å². The highest BCUT2D eigenvalue weighted by Gasteiger charge is 2.43. The molecule has 0 bridgehead atoms. The summed E-state index contributed by atoms with van der Waals surface area (Å²) in [7, 11) is 0. The molecule has 70 valence electrons. The first-order chi connectivity index (χ1) is 6.03. The average molecular weight is 198 g/mol. The summed E-state index contributed by atoms with van der Waals surface area (Å²) in [5.74, 6) is 0.744. The van der Waals surface area contributed by atoms with Crippen LogP contribution in [-0.2, 0) is 5.54 Å². The molecule has 2 rings (SSSR count). The van der Waals surface area contributed by atoms with Gasteiger partial charge in [0.25, 0.3) is 0 Å². The van der Waals surface area contributed by atoms with Crippen molar-refractivity contribution in [3.63, 3.8) is 0 Å². The molecule has 2 N–H and O–H groups in total. The Labute approximate surface area is 82.3 Å². The standard InChI is InChI=1S/C9H12ClN3/c1-5-7(10)8(9(11)3-4-9)13-6(2)12-5/h3-4,11H2,1-2H3. The molecule has 1 fully saturated rings. The lowest BCUT2D eigenvalue weighted by molar-refractivity contribution is 0.694. The van der Waals surface area contributed by atoms with Crippen LogP contribution in [0, 0.1) is 13.8 Å². The molecule has 0 aliphatic heterocycles. The number of aromatic nitrogens is 2. The number of hydrogen-bond acceptors (Lipinski definition) is 3. The zero-order valence-corrected chi connectivity index (χ0v) is 8.52. The van der Waals surface area contributed by atoms with Crippen molar-refractivity contribution < 1.29 is 0 Å². The van der Waals surface area contributed by atoms with Gasteiger partial charge < -0.3 is 5.73 Å². The van der Waals surface area contributed by atoms with Crippen LogP contribution in [0.3, 0.4) is 0 Å². The Morgan fingerprint density at radius 1 is 1.31 bits per heavy atom. The van der Waals surface area contributed by atoms with Crippen LogP contribution in [0.1, 0.15) is 30.1 Å². The summed E-state index contributed by atoms with van der Waals surface area (Å²) in [6, 6.07) is 0. The number of rotatable bonds is 1. The van der Waals surface area contributed by atoms with E-state index < -0.39 is 0 Å². The molecule has 1 aliphatic rings. The molecular formula is C9H12ClN3. The van der Waals surface area contributed by atoms with Crippen LogP contribution in [0.4, 0.5) is 0 Å². The van der Waals surface area contributed by atoms with Crippen LogP contribution in [0.25, 0.3) is 0 Å². The van der Waals surface area contributed by atoms with Crippen LogP contribution in [0.15, 0.2) is 0 Å². The third-order valence-corrected chi connectivity index (χ3v) is 2.84. The molecule has 4 heteroatoms.